The van der Waals surface area contributed by atoms with Crippen LogP contribution in [0.4, 0.5) is 5.69 Å². The van der Waals surface area contributed by atoms with Crippen LogP contribution >= 0.6 is 0 Å². The average Bonchev–Trinajstić information content (AvgIpc) is 2.48. The van der Waals surface area contributed by atoms with Crippen molar-refractivity contribution >= 4 is 17.5 Å². The van der Waals surface area contributed by atoms with Crippen LogP contribution in [0.2, 0.25) is 0 Å². The number of nitrogens with zero attached hydrogens (tertiary/aromatic N) is 1. The van der Waals surface area contributed by atoms with Gasteiger partial charge in [0, 0.05) is 43.3 Å². The molecule has 0 aliphatic carbocycles. The Labute approximate surface area is 132 Å². The molecule has 0 aromatic heterocycles. The molecule has 0 atom stereocenters. The number of piperidine rings is 1. The van der Waals surface area contributed by atoms with Crippen LogP contribution < -0.4 is 10.6 Å². The fraction of sp³-hybridized carbons (Fsp3) is 0.529. The van der Waals surface area contributed by atoms with Gasteiger partial charge in [-0.1, -0.05) is 0 Å². The molecule has 1 aliphatic rings. The summed E-state index contributed by atoms with van der Waals surface area (Å²) in [5, 5.41) is 5.79. The number of rotatable bonds is 4. The van der Waals surface area contributed by atoms with Crippen molar-refractivity contribution < 1.29 is 9.59 Å². The summed E-state index contributed by atoms with van der Waals surface area (Å²) in [5.41, 5.74) is 1.33. The van der Waals surface area contributed by atoms with Gasteiger partial charge in [0.05, 0.1) is 0 Å². The van der Waals surface area contributed by atoms with Crippen LogP contribution in [0.15, 0.2) is 24.3 Å². The summed E-state index contributed by atoms with van der Waals surface area (Å²) in [7, 11) is 0. The predicted molar refractivity (Wildman–Crippen MR) is 87.9 cm³/mol. The van der Waals surface area contributed by atoms with Gasteiger partial charge in [-0.05, 0) is 51.0 Å². The van der Waals surface area contributed by atoms with Gasteiger partial charge in [-0.25, -0.2) is 0 Å². The van der Waals surface area contributed by atoms with E-state index in [-0.39, 0.29) is 17.9 Å². The zero-order valence-corrected chi connectivity index (χ0v) is 13.6. The smallest absolute Gasteiger partial charge is 0.251 e. The maximum absolute atomic E-state index is 12.2. The first-order chi connectivity index (χ1) is 10.5. The number of carbonyl (C=O) groups is 2. The number of hydrogen-bond acceptors (Lipinski definition) is 3. The van der Waals surface area contributed by atoms with Gasteiger partial charge in [-0.15, -0.1) is 0 Å². The quantitative estimate of drug-likeness (QED) is 0.897. The summed E-state index contributed by atoms with van der Waals surface area (Å²) < 4.78 is 0. The predicted octanol–water partition coefficient (Wildman–Crippen LogP) is 2.25. The van der Waals surface area contributed by atoms with Gasteiger partial charge in [0.2, 0.25) is 5.91 Å². The number of nitrogens with one attached hydrogen (secondary N) is 2. The van der Waals surface area contributed by atoms with Gasteiger partial charge in [0.15, 0.2) is 0 Å². The second-order valence-electron chi connectivity index (χ2n) is 6.14. The van der Waals surface area contributed by atoms with Gasteiger partial charge in [-0.3, -0.25) is 9.59 Å². The van der Waals surface area contributed by atoms with Crippen LogP contribution in [0.3, 0.4) is 0 Å². The highest BCUT2D eigenvalue weighted by atomic mass is 16.2. The first-order valence-electron chi connectivity index (χ1n) is 7.88. The van der Waals surface area contributed by atoms with Gasteiger partial charge in [0.1, 0.15) is 0 Å². The van der Waals surface area contributed by atoms with Crippen molar-refractivity contribution in [2.45, 2.75) is 45.7 Å². The molecule has 1 aromatic rings. The summed E-state index contributed by atoms with van der Waals surface area (Å²) in [6.07, 6.45) is 1.99. The molecule has 2 rings (SSSR count). The molecule has 120 valence electrons. The molecule has 0 spiro atoms. The number of likely N-dealkylation sites (tertiary alicyclic amines) is 1. The Kier molecular flexibility index (Phi) is 5.55. The summed E-state index contributed by atoms with van der Waals surface area (Å²) >= 11 is 0. The van der Waals surface area contributed by atoms with Crippen molar-refractivity contribution in [1.29, 1.82) is 0 Å². The lowest BCUT2D eigenvalue weighted by molar-refractivity contribution is -0.114. The van der Waals surface area contributed by atoms with E-state index in [0.717, 1.165) is 25.9 Å². The first-order valence-corrected chi connectivity index (χ1v) is 7.88. The monoisotopic (exact) mass is 303 g/mol. The third-order valence-corrected chi connectivity index (χ3v) is 4.06. The molecule has 0 radical (unpaired) electrons. The minimum atomic E-state index is -0.117. The summed E-state index contributed by atoms with van der Waals surface area (Å²) in [4.78, 5) is 25.7. The maximum Gasteiger partial charge on any atom is 0.251 e. The molecule has 2 amide bonds. The van der Waals surface area contributed by atoms with Crippen LogP contribution in [-0.2, 0) is 4.79 Å². The van der Waals surface area contributed by atoms with E-state index in [9.17, 15) is 9.59 Å². The average molecular weight is 303 g/mol. The van der Waals surface area contributed by atoms with E-state index < -0.39 is 0 Å². The summed E-state index contributed by atoms with van der Waals surface area (Å²) in [6.45, 7) is 7.93. The number of carbonyl (C=O) groups excluding carboxylic acids is 2. The highest BCUT2D eigenvalue weighted by Gasteiger charge is 2.22. The number of amides is 2. The highest BCUT2D eigenvalue weighted by Crippen LogP contribution is 2.14. The third-order valence-electron chi connectivity index (χ3n) is 4.06. The minimum absolute atomic E-state index is 0.0441. The van der Waals surface area contributed by atoms with Gasteiger partial charge in [0.25, 0.3) is 5.91 Å². The molecule has 1 aromatic carbocycles. The molecule has 5 heteroatoms. The molecule has 2 N–H and O–H groups in total. The van der Waals surface area contributed by atoms with E-state index >= 15 is 0 Å². The normalized spacial score (nSPS) is 16.5. The van der Waals surface area contributed by atoms with Gasteiger partial charge >= 0.3 is 0 Å². The van der Waals surface area contributed by atoms with E-state index in [2.05, 4.69) is 29.4 Å². The Balaban J connectivity index is 1.86. The lowest BCUT2D eigenvalue weighted by Crippen LogP contribution is -2.46. The van der Waals surface area contributed by atoms with E-state index in [1.165, 1.54) is 6.92 Å². The molecule has 1 saturated heterocycles. The fourth-order valence-corrected chi connectivity index (χ4v) is 2.74. The Morgan fingerprint density at radius 3 is 2.23 bits per heavy atom. The van der Waals surface area contributed by atoms with E-state index in [1.807, 2.05) is 0 Å². The topological polar surface area (TPSA) is 61.4 Å². The van der Waals surface area contributed by atoms with Crippen LogP contribution in [0.1, 0.15) is 44.0 Å². The largest absolute Gasteiger partial charge is 0.349 e. The SMILES string of the molecule is CC(=O)Nc1ccc(C(=O)NC2CCN(C(C)C)CC2)cc1. The molecule has 1 aliphatic heterocycles. The number of benzene rings is 1. The molecule has 1 fully saturated rings. The van der Waals surface area contributed by atoms with E-state index in [0.29, 0.717) is 17.3 Å². The maximum atomic E-state index is 12.2. The molecular weight excluding hydrogens is 278 g/mol. The van der Waals surface area contributed by atoms with Gasteiger partial charge < -0.3 is 15.5 Å². The number of hydrogen-bond donors (Lipinski definition) is 2. The molecule has 0 bridgehead atoms. The van der Waals surface area contributed by atoms with Crippen LogP contribution in [0.5, 0.6) is 0 Å². The second-order valence-corrected chi connectivity index (χ2v) is 6.14. The number of anilines is 1. The van der Waals surface area contributed by atoms with Crippen molar-refractivity contribution in [2.75, 3.05) is 18.4 Å². The molecule has 1 heterocycles. The molecule has 22 heavy (non-hydrogen) atoms. The zero-order chi connectivity index (χ0) is 16.1. The Morgan fingerprint density at radius 1 is 1.14 bits per heavy atom. The first kappa shape index (κ1) is 16.5. The lowest BCUT2D eigenvalue weighted by Gasteiger charge is -2.34. The zero-order valence-electron chi connectivity index (χ0n) is 13.6. The Hall–Kier alpha value is -1.88. The standard InChI is InChI=1S/C17H25N3O2/c1-12(2)20-10-8-16(9-11-20)19-17(22)14-4-6-15(7-5-14)18-13(3)21/h4-7,12,16H,8-11H2,1-3H3,(H,18,21)(H,19,22). The van der Waals surface area contributed by atoms with E-state index in [4.69, 9.17) is 0 Å². The minimum Gasteiger partial charge on any atom is -0.349 e. The van der Waals surface area contributed by atoms with Crippen molar-refractivity contribution in [2.24, 2.45) is 0 Å². The van der Waals surface area contributed by atoms with Crippen molar-refractivity contribution in [1.82, 2.24) is 10.2 Å². The second kappa shape index (κ2) is 7.40. The van der Waals surface area contributed by atoms with Gasteiger partial charge in [-0.2, -0.15) is 0 Å². The molecule has 0 unspecified atom stereocenters. The van der Waals surface area contributed by atoms with Crippen LogP contribution in [0, 0.1) is 0 Å². The lowest BCUT2D eigenvalue weighted by atomic mass is 10.0. The molecular formula is C17H25N3O2. The van der Waals surface area contributed by atoms with E-state index in [1.54, 1.807) is 24.3 Å². The summed E-state index contributed by atoms with van der Waals surface area (Å²) in [6, 6.07) is 7.79. The Bertz CT molecular complexity index is 517. The molecule has 0 saturated carbocycles. The molecule has 5 nitrogen and oxygen atoms in total. The van der Waals surface area contributed by atoms with Crippen molar-refractivity contribution in [3.8, 4) is 0 Å². The van der Waals surface area contributed by atoms with Crippen LogP contribution in [-0.4, -0.2) is 41.9 Å². The van der Waals surface area contributed by atoms with Crippen LogP contribution in [0.25, 0.3) is 0 Å². The fourth-order valence-electron chi connectivity index (χ4n) is 2.74. The highest BCUT2D eigenvalue weighted by molar-refractivity contribution is 5.95. The Morgan fingerprint density at radius 2 is 1.73 bits per heavy atom. The van der Waals surface area contributed by atoms with Crippen molar-refractivity contribution in [3.05, 3.63) is 29.8 Å². The third kappa shape index (κ3) is 4.56. The summed E-state index contributed by atoms with van der Waals surface area (Å²) in [5.74, 6) is -0.161. The van der Waals surface area contributed by atoms with Crippen molar-refractivity contribution in [3.63, 3.8) is 0 Å².